The van der Waals surface area contributed by atoms with Crippen molar-refractivity contribution in [3.63, 3.8) is 0 Å². The minimum absolute atomic E-state index is 0.165. The Morgan fingerprint density at radius 3 is 2.67 bits per heavy atom. The summed E-state index contributed by atoms with van der Waals surface area (Å²) in [4.78, 5) is 11.1. The lowest BCUT2D eigenvalue weighted by Gasteiger charge is -2.27. The largest absolute Gasteiger partial charge is 0.373 e. The van der Waals surface area contributed by atoms with E-state index in [0.29, 0.717) is 0 Å². The third-order valence-electron chi connectivity index (χ3n) is 3.40. The first-order valence-corrected chi connectivity index (χ1v) is 8.24. The number of hydrogen-bond acceptors (Lipinski definition) is 5. The number of benzene rings is 1. The Bertz CT molecular complexity index is 598. The number of rotatable bonds is 5. The molecule has 1 unspecified atom stereocenters. The van der Waals surface area contributed by atoms with Crippen LogP contribution in [0.1, 0.15) is 18.5 Å². The van der Waals surface area contributed by atoms with Crippen LogP contribution < -0.4 is 10.2 Å². The summed E-state index contributed by atoms with van der Waals surface area (Å²) < 4.78 is 0. The molecule has 0 aliphatic rings. The summed E-state index contributed by atoms with van der Waals surface area (Å²) in [6.07, 6.45) is 1.97. The highest BCUT2D eigenvalue weighted by atomic mass is 35.5. The number of nitrogens with zero attached hydrogens (tertiary/aromatic N) is 3. The van der Waals surface area contributed by atoms with Crippen molar-refractivity contribution in [1.29, 1.82) is 0 Å². The summed E-state index contributed by atoms with van der Waals surface area (Å²) >= 11 is 7.61. The Balaban J connectivity index is 2.32. The Labute approximate surface area is 134 Å². The number of aromatic nitrogens is 2. The summed E-state index contributed by atoms with van der Waals surface area (Å²) in [7, 11) is 3.88. The second-order valence-electron chi connectivity index (χ2n) is 4.69. The topological polar surface area (TPSA) is 41.0 Å². The summed E-state index contributed by atoms with van der Waals surface area (Å²) in [5, 5.41) is 4.57. The zero-order chi connectivity index (χ0) is 15.4. The second kappa shape index (κ2) is 7.00. The molecule has 0 radical (unpaired) electrons. The van der Waals surface area contributed by atoms with Crippen molar-refractivity contribution in [2.75, 3.05) is 30.6 Å². The molecular weight excluding hydrogens is 304 g/mol. The second-order valence-corrected chi connectivity index (χ2v) is 5.90. The van der Waals surface area contributed by atoms with Crippen LogP contribution >= 0.6 is 23.4 Å². The van der Waals surface area contributed by atoms with Gasteiger partial charge in [-0.1, -0.05) is 35.5 Å². The number of hydrogen-bond donors (Lipinski definition) is 1. The lowest BCUT2D eigenvalue weighted by molar-refractivity contribution is 0.720. The van der Waals surface area contributed by atoms with Crippen molar-refractivity contribution in [2.45, 2.75) is 18.1 Å². The van der Waals surface area contributed by atoms with Crippen LogP contribution in [0.5, 0.6) is 0 Å². The molecule has 0 bridgehead atoms. The van der Waals surface area contributed by atoms with Crippen LogP contribution in [0.4, 0.5) is 11.6 Å². The molecule has 112 valence electrons. The number of nitrogens with one attached hydrogen (secondary N) is 1. The maximum atomic E-state index is 6.08. The van der Waals surface area contributed by atoms with Crippen molar-refractivity contribution in [1.82, 2.24) is 9.97 Å². The van der Waals surface area contributed by atoms with Crippen LogP contribution in [0.2, 0.25) is 5.02 Å². The molecule has 0 aliphatic heterocycles. The molecule has 2 rings (SSSR count). The molecule has 1 atom stereocenters. The van der Waals surface area contributed by atoms with Gasteiger partial charge in [0.25, 0.3) is 0 Å². The Kier molecular flexibility index (Phi) is 5.31. The molecule has 1 aromatic heterocycles. The number of anilines is 2. The van der Waals surface area contributed by atoms with Gasteiger partial charge in [0, 0.05) is 25.2 Å². The Morgan fingerprint density at radius 2 is 2.05 bits per heavy atom. The molecular formula is C15H19ClN4S. The van der Waals surface area contributed by atoms with E-state index in [4.69, 9.17) is 11.6 Å². The highest BCUT2D eigenvalue weighted by Crippen LogP contribution is 2.28. The number of halogens is 1. The summed E-state index contributed by atoms with van der Waals surface area (Å²) in [6.45, 7) is 2.13. The first-order chi connectivity index (χ1) is 10.0. The quantitative estimate of drug-likeness (QED) is 0.663. The minimum Gasteiger partial charge on any atom is -0.373 e. The highest BCUT2D eigenvalue weighted by molar-refractivity contribution is 7.98. The fourth-order valence-corrected chi connectivity index (χ4v) is 2.57. The summed E-state index contributed by atoms with van der Waals surface area (Å²) in [5.74, 6) is 1.70. The molecule has 0 fully saturated rings. The molecule has 4 nitrogen and oxygen atoms in total. The van der Waals surface area contributed by atoms with E-state index < -0.39 is 0 Å². The third-order valence-corrected chi connectivity index (χ3v) is 4.19. The van der Waals surface area contributed by atoms with Crippen molar-refractivity contribution < 1.29 is 0 Å². The Hall–Kier alpha value is -1.46. The average Bonchev–Trinajstić information content (AvgIpc) is 2.52. The zero-order valence-electron chi connectivity index (χ0n) is 12.6. The molecule has 6 heteroatoms. The van der Waals surface area contributed by atoms with E-state index in [9.17, 15) is 0 Å². The SMILES string of the molecule is CNc1cc(N(C)C(C)c2cccc(Cl)c2)nc(SC)n1. The van der Waals surface area contributed by atoms with Gasteiger partial charge in [0.15, 0.2) is 5.16 Å². The van der Waals surface area contributed by atoms with Gasteiger partial charge in [0.05, 0.1) is 6.04 Å². The number of thioether (sulfide) groups is 1. The van der Waals surface area contributed by atoms with E-state index in [1.165, 1.54) is 11.8 Å². The van der Waals surface area contributed by atoms with Gasteiger partial charge in [-0.2, -0.15) is 0 Å². The van der Waals surface area contributed by atoms with Gasteiger partial charge < -0.3 is 10.2 Å². The van der Waals surface area contributed by atoms with E-state index in [1.54, 1.807) is 0 Å². The maximum Gasteiger partial charge on any atom is 0.191 e. The van der Waals surface area contributed by atoms with E-state index in [2.05, 4.69) is 33.2 Å². The van der Waals surface area contributed by atoms with Gasteiger partial charge in [-0.05, 0) is 30.9 Å². The van der Waals surface area contributed by atoms with Crippen LogP contribution in [-0.4, -0.2) is 30.3 Å². The monoisotopic (exact) mass is 322 g/mol. The van der Waals surface area contributed by atoms with E-state index >= 15 is 0 Å². The van der Waals surface area contributed by atoms with Crippen molar-refractivity contribution >= 4 is 35.0 Å². The van der Waals surface area contributed by atoms with E-state index in [1.807, 2.05) is 44.6 Å². The van der Waals surface area contributed by atoms with Gasteiger partial charge in [0.2, 0.25) is 0 Å². The molecule has 0 saturated heterocycles. The lowest BCUT2D eigenvalue weighted by Crippen LogP contribution is -2.23. The Morgan fingerprint density at radius 1 is 1.29 bits per heavy atom. The predicted molar refractivity (Wildman–Crippen MR) is 91.6 cm³/mol. The van der Waals surface area contributed by atoms with Gasteiger partial charge >= 0.3 is 0 Å². The van der Waals surface area contributed by atoms with Crippen molar-refractivity contribution in [3.8, 4) is 0 Å². The van der Waals surface area contributed by atoms with Crippen LogP contribution in [0.3, 0.4) is 0 Å². The maximum absolute atomic E-state index is 6.08. The fourth-order valence-electron chi connectivity index (χ4n) is 2.00. The fraction of sp³-hybridized carbons (Fsp3) is 0.333. The molecule has 1 heterocycles. The molecule has 0 amide bonds. The summed E-state index contributed by atoms with van der Waals surface area (Å²) in [5.41, 5.74) is 1.15. The highest BCUT2D eigenvalue weighted by Gasteiger charge is 2.15. The van der Waals surface area contributed by atoms with Gasteiger partial charge in [-0.3, -0.25) is 0 Å². The van der Waals surface area contributed by atoms with Gasteiger partial charge in [-0.15, -0.1) is 0 Å². The van der Waals surface area contributed by atoms with Crippen molar-refractivity contribution in [2.24, 2.45) is 0 Å². The van der Waals surface area contributed by atoms with Crippen LogP contribution in [-0.2, 0) is 0 Å². The minimum atomic E-state index is 0.165. The summed E-state index contributed by atoms with van der Waals surface area (Å²) in [6, 6.07) is 10.0. The molecule has 0 aliphatic carbocycles. The average molecular weight is 323 g/mol. The predicted octanol–water partition coefficient (Wildman–Crippen LogP) is 4.09. The molecule has 0 spiro atoms. The molecule has 0 saturated carbocycles. The molecule has 1 aromatic carbocycles. The normalized spacial score (nSPS) is 12.0. The standard InChI is InChI=1S/C15H19ClN4S/c1-10(11-6-5-7-12(16)8-11)20(3)14-9-13(17-2)18-15(19-14)21-4/h5-10H,1-4H3,(H,17,18,19). The van der Waals surface area contributed by atoms with Gasteiger partial charge in [-0.25, -0.2) is 9.97 Å². The lowest BCUT2D eigenvalue weighted by atomic mass is 10.1. The first kappa shape index (κ1) is 15.9. The third kappa shape index (κ3) is 3.80. The van der Waals surface area contributed by atoms with E-state index in [0.717, 1.165) is 27.4 Å². The van der Waals surface area contributed by atoms with Gasteiger partial charge in [0.1, 0.15) is 11.6 Å². The van der Waals surface area contributed by atoms with Crippen LogP contribution in [0.15, 0.2) is 35.5 Å². The molecule has 21 heavy (non-hydrogen) atoms. The van der Waals surface area contributed by atoms with Crippen molar-refractivity contribution in [3.05, 3.63) is 40.9 Å². The molecule has 1 N–H and O–H groups in total. The van der Waals surface area contributed by atoms with Crippen LogP contribution in [0, 0.1) is 0 Å². The smallest absolute Gasteiger partial charge is 0.191 e. The van der Waals surface area contributed by atoms with Crippen LogP contribution in [0.25, 0.3) is 0 Å². The molecule has 2 aromatic rings. The van der Waals surface area contributed by atoms with E-state index in [-0.39, 0.29) is 6.04 Å². The zero-order valence-corrected chi connectivity index (χ0v) is 14.2. The first-order valence-electron chi connectivity index (χ1n) is 6.64.